The van der Waals surface area contributed by atoms with Crippen LogP contribution in [0.4, 0.5) is 0 Å². The van der Waals surface area contributed by atoms with Crippen molar-refractivity contribution in [2.75, 3.05) is 6.61 Å². The van der Waals surface area contributed by atoms with Crippen molar-refractivity contribution in [1.82, 2.24) is 0 Å². The van der Waals surface area contributed by atoms with Crippen molar-refractivity contribution in [2.24, 2.45) is 5.92 Å². The Bertz CT molecular complexity index is 72.1. The lowest BCUT2D eigenvalue weighted by atomic mass is 10.3. The minimum atomic E-state index is 0.480. The molecule has 2 rings (SSSR count). The molecule has 0 radical (unpaired) electrons. The Morgan fingerprint density at radius 1 is 1.43 bits per heavy atom. The van der Waals surface area contributed by atoms with E-state index in [1.54, 1.807) is 0 Å². The van der Waals surface area contributed by atoms with E-state index < -0.39 is 0 Å². The predicted octanol–water partition coefficient (Wildman–Crippen LogP) is 0.727. The van der Waals surface area contributed by atoms with E-state index in [0.717, 1.165) is 12.5 Å². The highest BCUT2D eigenvalue weighted by atomic mass is 17.2. The van der Waals surface area contributed by atoms with Gasteiger partial charge in [-0.1, -0.05) is 0 Å². The van der Waals surface area contributed by atoms with Gasteiger partial charge in [-0.05, 0) is 18.8 Å². The Morgan fingerprint density at radius 3 is 3.00 bits per heavy atom. The topological polar surface area (TPSA) is 18.5 Å². The highest BCUT2D eigenvalue weighted by Crippen LogP contribution is 2.39. The lowest BCUT2D eigenvalue weighted by Gasteiger charge is -2.06. The van der Waals surface area contributed by atoms with Crippen molar-refractivity contribution >= 4 is 0 Å². The van der Waals surface area contributed by atoms with Gasteiger partial charge in [0, 0.05) is 0 Å². The second kappa shape index (κ2) is 1.20. The van der Waals surface area contributed by atoms with Gasteiger partial charge in [-0.3, -0.25) is 0 Å². The highest BCUT2D eigenvalue weighted by Gasteiger charge is 2.41. The summed E-state index contributed by atoms with van der Waals surface area (Å²) in [6.07, 6.45) is 2.93. The summed E-state index contributed by atoms with van der Waals surface area (Å²) in [5, 5.41) is 0. The molecule has 2 aliphatic rings. The fourth-order valence-corrected chi connectivity index (χ4v) is 0.976. The molecule has 2 unspecified atom stereocenters. The maximum atomic E-state index is 4.85. The molecule has 1 aliphatic heterocycles. The van der Waals surface area contributed by atoms with Gasteiger partial charge in [0.15, 0.2) is 0 Å². The van der Waals surface area contributed by atoms with Gasteiger partial charge in [-0.25, -0.2) is 9.78 Å². The summed E-state index contributed by atoms with van der Waals surface area (Å²) in [7, 11) is 0. The van der Waals surface area contributed by atoms with E-state index in [0.29, 0.717) is 6.10 Å². The Labute approximate surface area is 42.3 Å². The molecule has 0 bridgehead atoms. The molecule has 1 aliphatic carbocycles. The fraction of sp³-hybridized carbons (Fsp3) is 1.00. The molecule has 2 atom stereocenters. The van der Waals surface area contributed by atoms with E-state index in [1.165, 1.54) is 12.8 Å². The SMILES string of the molecule is C1CC2CC2OO1. The van der Waals surface area contributed by atoms with Gasteiger partial charge >= 0.3 is 0 Å². The van der Waals surface area contributed by atoms with Gasteiger partial charge in [0.25, 0.3) is 0 Å². The predicted molar refractivity (Wildman–Crippen MR) is 23.5 cm³/mol. The minimum Gasteiger partial charge on any atom is -0.236 e. The smallest absolute Gasteiger partial charge is 0.0963 e. The van der Waals surface area contributed by atoms with E-state index in [2.05, 4.69) is 0 Å². The Morgan fingerprint density at radius 2 is 2.43 bits per heavy atom. The largest absolute Gasteiger partial charge is 0.236 e. The van der Waals surface area contributed by atoms with Crippen LogP contribution in [0.15, 0.2) is 0 Å². The van der Waals surface area contributed by atoms with Crippen molar-refractivity contribution in [3.63, 3.8) is 0 Å². The molecule has 0 aromatic heterocycles. The molecule has 0 N–H and O–H groups in total. The van der Waals surface area contributed by atoms with Gasteiger partial charge in [0.1, 0.15) is 0 Å². The molecule has 2 nitrogen and oxygen atoms in total. The summed E-state index contributed by atoms with van der Waals surface area (Å²) >= 11 is 0. The standard InChI is InChI=1S/C5H8O2/c1-2-6-7-5-3-4(1)5/h4-5H,1-3H2. The summed E-state index contributed by atoms with van der Waals surface area (Å²) in [5.74, 6) is 0.855. The number of hydrogen-bond acceptors (Lipinski definition) is 2. The third-order valence-electron chi connectivity index (χ3n) is 1.62. The van der Waals surface area contributed by atoms with Gasteiger partial charge < -0.3 is 0 Å². The first-order valence-electron chi connectivity index (χ1n) is 2.75. The molecule has 7 heavy (non-hydrogen) atoms. The van der Waals surface area contributed by atoms with Crippen molar-refractivity contribution < 1.29 is 9.78 Å². The molecule has 2 heteroatoms. The van der Waals surface area contributed by atoms with Gasteiger partial charge in [-0.15, -0.1) is 0 Å². The zero-order chi connectivity index (χ0) is 4.69. The number of hydrogen-bond donors (Lipinski definition) is 0. The van der Waals surface area contributed by atoms with Crippen molar-refractivity contribution in [3.05, 3.63) is 0 Å². The Kier molecular flexibility index (Phi) is 0.664. The van der Waals surface area contributed by atoms with Crippen molar-refractivity contribution in [3.8, 4) is 0 Å². The zero-order valence-electron chi connectivity index (χ0n) is 4.09. The van der Waals surface area contributed by atoms with Gasteiger partial charge in [-0.2, -0.15) is 0 Å². The number of rotatable bonds is 0. The molecule has 1 saturated heterocycles. The third kappa shape index (κ3) is 0.545. The quantitative estimate of drug-likeness (QED) is 0.418. The van der Waals surface area contributed by atoms with E-state index >= 15 is 0 Å². The van der Waals surface area contributed by atoms with Crippen LogP contribution in [0.2, 0.25) is 0 Å². The normalized spacial score (nSPS) is 48.0. The molecule has 40 valence electrons. The minimum absolute atomic E-state index is 0.480. The Balaban J connectivity index is 1.95. The van der Waals surface area contributed by atoms with Crippen LogP contribution >= 0.6 is 0 Å². The average molecular weight is 100 g/mol. The van der Waals surface area contributed by atoms with Crippen LogP contribution in [-0.2, 0) is 9.78 Å². The summed E-state index contributed by atoms with van der Waals surface area (Å²) in [5.41, 5.74) is 0. The molecule has 0 aromatic rings. The van der Waals surface area contributed by atoms with Crippen molar-refractivity contribution in [2.45, 2.75) is 18.9 Å². The van der Waals surface area contributed by atoms with E-state index in [-0.39, 0.29) is 0 Å². The fourth-order valence-electron chi connectivity index (χ4n) is 0.976. The van der Waals surface area contributed by atoms with Crippen LogP contribution < -0.4 is 0 Å². The highest BCUT2D eigenvalue weighted by molar-refractivity contribution is 4.87. The first kappa shape index (κ1) is 3.87. The second-order valence-corrected chi connectivity index (χ2v) is 2.24. The van der Waals surface area contributed by atoms with Crippen LogP contribution in [0.3, 0.4) is 0 Å². The van der Waals surface area contributed by atoms with Gasteiger partial charge in [0.05, 0.1) is 12.7 Å². The van der Waals surface area contributed by atoms with Gasteiger partial charge in [0.2, 0.25) is 0 Å². The number of fused-ring (bicyclic) bond motifs is 1. The maximum absolute atomic E-state index is 4.85. The summed E-state index contributed by atoms with van der Waals surface area (Å²) in [6.45, 7) is 0.807. The molecule has 2 fully saturated rings. The second-order valence-electron chi connectivity index (χ2n) is 2.24. The molecule has 0 spiro atoms. The lowest BCUT2D eigenvalue weighted by molar-refractivity contribution is -0.321. The summed E-state index contributed by atoms with van der Waals surface area (Å²) < 4.78 is 0. The summed E-state index contributed by atoms with van der Waals surface area (Å²) in [6, 6.07) is 0. The van der Waals surface area contributed by atoms with E-state index in [4.69, 9.17) is 9.78 Å². The van der Waals surface area contributed by atoms with E-state index in [9.17, 15) is 0 Å². The van der Waals surface area contributed by atoms with Crippen LogP contribution in [0, 0.1) is 5.92 Å². The monoisotopic (exact) mass is 100 g/mol. The van der Waals surface area contributed by atoms with Crippen LogP contribution in [-0.4, -0.2) is 12.7 Å². The maximum Gasteiger partial charge on any atom is 0.0963 e. The molecule has 1 heterocycles. The summed E-state index contributed by atoms with van der Waals surface area (Å²) in [4.78, 5) is 9.58. The van der Waals surface area contributed by atoms with Crippen LogP contribution in [0.5, 0.6) is 0 Å². The zero-order valence-corrected chi connectivity index (χ0v) is 4.09. The van der Waals surface area contributed by atoms with Crippen molar-refractivity contribution in [1.29, 1.82) is 0 Å². The lowest BCUT2D eigenvalue weighted by Crippen LogP contribution is -2.07. The molecule has 0 amide bonds. The first-order valence-corrected chi connectivity index (χ1v) is 2.75. The van der Waals surface area contributed by atoms with Crippen LogP contribution in [0.25, 0.3) is 0 Å². The molecule has 0 aromatic carbocycles. The Hall–Kier alpha value is -0.0800. The first-order chi connectivity index (χ1) is 3.47. The molecule has 1 saturated carbocycles. The molecular formula is C5H8O2. The average Bonchev–Trinajstić information content (AvgIpc) is 2.41. The third-order valence-corrected chi connectivity index (χ3v) is 1.62. The molecular weight excluding hydrogens is 92.1 g/mol. The van der Waals surface area contributed by atoms with E-state index in [1.807, 2.05) is 0 Å². The van der Waals surface area contributed by atoms with Crippen LogP contribution in [0.1, 0.15) is 12.8 Å².